The molecule has 80 valence electrons. The summed E-state index contributed by atoms with van der Waals surface area (Å²) in [6.07, 6.45) is 5.36. The summed E-state index contributed by atoms with van der Waals surface area (Å²) in [4.78, 5) is 8.10. The van der Waals surface area contributed by atoms with Gasteiger partial charge in [-0.25, -0.2) is 0 Å². The van der Waals surface area contributed by atoms with Gasteiger partial charge in [0.15, 0.2) is 0 Å². The Labute approximate surface area is 93.3 Å². The first-order valence-corrected chi connectivity index (χ1v) is 4.91. The van der Waals surface area contributed by atoms with E-state index >= 15 is 0 Å². The van der Waals surface area contributed by atoms with E-state index in [1.165, 1.54) is 0 Å². The van der Waals surface area contributed by atoms with Crippen molar-refractivity contribution < 1.29 is 5.21 Å². The molecule has 0 bridgehead atoms. The number of hydrogen-bond donors (Lipinski definition) is 1. The van der Waals surface area contributed by atoms with Crippen LogP contribution < -0.4 is 0 Å². The minimum absolute atomic E-state index is 0.467. The van der Waals surface area contributed by atoms with E-state index in [4.69, 9.17) is 5.21 Å². The van der Waals surface area contributed by atoms with Crippen molar-refractivity contribution in [1.29, 1.82) is 0 Å². The Kier molecular flexibility index (Phi) is 3.23. The second kappa shape index (κ2) is 5.02. The van der Waals surface area contributed by atoms with E-state index < -0.39 is 0 Å². The van der Waals surface area contributed by atoms with Gasteiger partial charge in [0.2, 0.25) is 0 Å². The molecule has 1 aromatic heterocycles. The second-order valence-electron chi connectivity index (χ2n) is 3.29. The molecule has 0 aliphatic heterocycles. The molecule has 1 heterocycles. The summed E-state index contributed by atoms with van der Waals surface area (Å²) in [5.41, 5.74) is 2.25. The van der Waals surface area contributed by atoms with E-state index in [0.717, 1.165) is 11.3 Å². The van der Waals surface area contributed by atoms with Gasteiger partial charge >= 0.3 is 0 Å². The zero-order valence-corrected chi connectivity index (χ0v) is 8.61. The number of oxime groups is 1. The van der Waals surface area contributed by atoms with Crippen molar-refractivity contribution in [3.63, 3.8) is 0 Å². The van der Waals surface area contributed by atoms with Gasteiger partial charge in [0, 0.05) is 25.0 Å². The number of aromatic nitrogens is 2. The fourth-order valence-corrected chi connectivity index (χ4v) is 1.42. The van der Waals surface area contributed by atoms with E-state index in [9.17, 15) is 0 Å². The minimum atomic E-state index is 0.467. The number of rotatable bonds is 3. The topological polar surface area (TPSA) is 58.4 Å². The Morgan fingerprint density at radius 1 is 1.19 bits per heavy atom. The molecule has 0 aliphatic carbocycles. The molecular formula is C12H11N3O. The molecule has 0 radical (unpaired) electrons. The van der Waals surface area contributed by atoms with Crippen molar-refractivity contribution in [1.82, 2.24) is 9.97 Å². The molecule has 4 nitrogen and oxygen atoms in total. The summed E-state index contributed by atoms with van der Waals surface area (Å²) in [6, 6.07) is 9.51. The van der Waals surface area contributed by atoms with Crippen LogP contribution in [0.3, 0.4) is 0 Å². The normalized spacial score (nSPS) is 11.4. The van der Waals surface area contributed by atoms with Crippen LogP contribution in [0.25, 0.3) is 0 Å². The molecule has 0 atom stereocenters. The van der Waals surface area contributed by atoms with Crippen LogP contribution in [0.5, 0.6) is 0 Å². The first-order chi connectivity index (χ1) is 7.90. The highest BCUT2D eigenvalue weighted by atomic mass is 16.4. The summed E-state index contributed by atoms with van der Waals surface area (Å²) < 4.78 is 0. The van der Waals surface area contributed by atoms with Crippen molar-refractivity contribution in [2.75, 3.05) is 0 Å². The molecule has 0 unspecified atom stereocenters. The highest BCUT2D eigenvalue weighted by Crippen LogP contribution is 2.05. The van der Waals surface area contributed by atoms with Gasteiger partial charge < -0.3 is 5.21 Å². The van der Waals surface area contributed by atoms with Gasteiger partial charge in [-0.15, -0.1) is 0 Å². The average Bonchev–Trinajstić information content (AvgIpc) is 2.38. The predicted molar refractivity (Wildman–Crippen MR) is 60.5 cm³/mol. The van der Waals surface area contributed by atoms with Gasteiger partial charge in [0.05, 0.1) is 11.4 Å². The van der Waals surface area contributed by atoms with Crippen molar-refractivity contribution in [3.8, 4) is 0 Å². The fraction of sp³-hybridized carbons (Fsp3) is 0.0833. The third kappa shape index (κ3) is 2.42. The molecule has 0 spiro atoms. The van der Waals surface area contributed by atoms with E-state index in [1.54, 1.807) is 18.6 Å². The first-order valence-electron chi connectivity index (χ1n) is 4.91. The van der Waals surface area contributed by atoms with Crippen LogP contribution in [-0.2, 0) is 6.42 Å². The Bertz CT molecular complexity index is 468. The van der Waals surface area contributed by atoms with Crippen molar-refractivity contribution in [2.45, 2.75) is 6.42 Å². The Morgan fingerprint density at radius 3 is 2.62 bits per heavy atom. The molecule has 1 N–H and O–H groups in total. The first kappa shape index (κ1) is 10.3. The lowest BCUT2D eigenvalue weighted by atomic mass is 10.1. The van der Waals surface area contributed by atoms with E-state index in [2.05, 4.69) is 15.1 Å². The highest BCUT2D eigenvalue weighted by molar-refractivity contribution is 6.01. The van der Waals surface area contributed by atoms with Gasteiger partial charge in [-0.1, -0.05) is 35.5 Å². The zero-order chi connectivity index (χ0) is 11.2. The van der Waals surface area contributed by atoms with Crippen LogP contribution in [0.2, 0.25) is 0 Å². The maximum Gasteiger partial charge on any atom is 0.0927 e. The smallest absolute Gasteiger partial charge is 0.0927 e. The number of hydrogen-bond acceptors (Lipinski definition) is 4. The predicted octanol–water partition coefficient (Wildman–Crippen LogP) is 1.90. The summed E-state index contributed by atoms with van der Waals surface area (Å²) in [5, 5.41) is 12.3. The van der Waals surface area contributed by atoms with Crippen LogP contribution >= 0.6 is 0 Å². The van der Waals surface area contributed by atoms with Crippen molar-refractivity contribution >= 4 is 5.71 Å². The van der Waals surface area contributed by atoms with Crippen LogP contribution in [0, 0.1) is 0 Å². The third-order valence-electron chi connectivity index (χ3n) is 2.19. The molecule has 0 saturated heterocycles. The van der Waals surface area contributed by atoms with Crippen LogP contribution in [-0.4, -0.2) is 20.9 Å². The van der Waals surface area contributed by atoms with Crippen LogP contribution in [0.1, 0.15) is 11.3 Å². The Balaban J connectivity index is 2.20. The Hall–Kier alpha value is -2.23. The van der Waals surface area contributed by atoms with Gasteiger partial charge in [-0.05, 0) is 5.56 Å². The van der Waals surface area contributed by atoms with Crippen LogP contribution in [0.15, 0.2) is 54.1 Å². The monoisotopic (exact) mass is 213 g/mol. The third-order valence-corrected chi connectivity index (χ3v) is 2.19. The maximum atomic E-state index is 8.98. The fourth-order valence-electron chi connectivity index (χ4n) is 1.42. The Morgan fingerprint density at radius 2 is 2.00 bits per heavy atom. The lowest BCUT2D eigenvalue weighted by Gasteiger charge is -2.03. The van der Waals surface area contributed by atoms with Gasteiger partial charge in [0.1, 0.15) is 0 Å². The molecular weight excluding hydrogens is 202 g/mol. The van der Waals surface area contributed by atoms with Crippen molar-refractivity contribution in [3.05, 3.63) is 60.2 Å². The molecule has 0 saturated carbocycles. The maximum absolute atomic E-state index is 8.98. The van der Waals surface area contributed by atoms with Gasteiger partial charge in [-0.3, -0.25) is 9.97 Å². The quantitative estimate of drug-likeness (QED) is 0.481. The van der Waals surface area contributed by atoms with Crippen LogP contribution in [0.4, 0.5) is 0 Å². The lowest BCUT2D eigenvalue weighted by molar-refractivity contribution is 0.318. The highest BCUT2D eigenvalue weighted by Gasteiger charge is 2.05. The van der Waals surface area contributed by atoms with E-state index in [0.29, 0.717) is 12.1 Å². The minimum Gasteiger partial charge on any atom is -0.411 e. The lowest BCUT2D eigenvalue weighted by Crippen LogP contribution is -2.06. The molecule has 2 aromatic rings. The van der Waals surface area contributed by atoms with E-state index in [1.807, 2.05) is 30.3 Å². The molecule has 0 fully saturated rings. The molecule has 0 amide bonds. The molecule has 2 rings (SSSR count). The number of benzene rings is 1. The summed E-state index contributed by atoms with van der Waals surface area (Å²) in [6.45, 7) is 0. The zero-order valence-electron chi connectivity index (χ0n) is 8.61. The average molecular weight is 213 g/mol. The molecule has 16 heavy (non-hydrogen) atoms. The summed E-state index contributed by atoms with van der Waals surface area (Å²) in [5.74, 6) is 0. The second-order valence-corrected chi connectivity index (χ2v) is 3.29. The molecule has 1 aromatic carbocycles. The molecule has 4 heteroatoms. The van der Waals surface area contributed by atoms with E-state index in [-0.39, 0.29) is 0 Å². The SMILES string of the molecule is O/N=C(\Cc1cnccn1)c1ccccc1. The van der Waals surface area contributed by atoms with Gasteiger partial charge in [0.25, 0.3) is 0 Å². The standard InChI is InChI=1S/C12H11N3O/c16-15-12(10-4-2-1-3-5-10)8-11-9-13-6-7-14-11/h1-7,9,16H,8H2/b15-12+. The van der Waals surface area contributed by atoms with Gasteiger partial charge in [-0.2, -0.15) is 0 Å². The summed E-state index contributed by atoms with van der Waals surface area (Å²) in [7, 11) is 0. The summed E-state index contributed by atoms with van der Waals surface area (Å²) >= 11 is 0. The number of nitrogens with zero attached hydrogens (tertiary/aromatic N) is 3. The van der Waals surface area contributed by atoms with Crippen molar-refractivity contribution in [2.24, 2.45) is 5.16 Å². The largest absolute Gasteiger partial charge is 0.411 e. The molecule has 0 aliphatic rings.